The van der Waals surface area contributed by atoms with Gasteiger partial charge in [-0.2, -0.15) is 0 Å². The van der Waals surface area contributed by atoms with Gasteiger partial charge in [-0.1, -0.05) is 51.4 Å². The molecule has 0 rings (SSSR count). The average molecular weight is 371 g/mol. The lowest BCUT2D eigenvalue weighted by molar-refractivity contribution is -0.139. The zero-order valence-electron chi connectivity index (χ0n) is 16.3. The van der Waals surface area contributed by atoms with E-state index in [2.05, 4.69) is 39.3 Å². The van der Waals surface area contributed by atoms with Gasteiger partial charge in [-0.3, -0.25) is 0 Å². The molecule has 0 bridgehead atoms. The number of rotatable bonds is 11. The van der Waals surface area contributed by atoms with Crippen LogP contribution in [0.25, 0.3) is 0 Å². The Labute approximate surface area is 149 Å². The molecule has 0 unspecified atom stereocenters. The quantitative estimate of drug-likeness (QED) is 0.232. The van der Waals surface area contributed by atoms with Gasteiger partial charge in [0.15, 0.2) is 0 Å². The minimum Gasteiger partial charge on any atom is -0.462 e. The monoisotopic (exact) mass is 370 g/mol. The molecule has 0 aromatic heterocycles. The fraction of sp³-hybridized carbons (Fsp3) is 0.667. The van der Waals surface area contributed by atoms with E-state index in [4.69, 9.17) is 9.47 Å². The molecule has 24 heavy (non-hydrogen) atoms. The molecule has 0 aliphatic rings. The molecule has 0 spiro atoms. The van der Waals surface area contributed by atoms with Crippen LogP contribution >= 0.6 is 0 Å². The van der Waals surface area contributed by atoms with Gasteiger partial charge in [0.1, 0.15) is 0 Å². The molecule has 0 aliphatic heterocycles. The standard InChI is InChI=1S/C18H34O4Si2/c1-15(2)17(19)21-11-9-13-24(8,23(5,6)7)14-10-12-22-18(20)16(3)4/h1,3,9-14H2,2,4-8H3. The Morgan fingerprint density at radius 1 is 0.792 bits per heavy atom. The van der Waals surface area contributed by atoms with Crippen LogP contribution in [0.15, 0.2) is 24.3 Å². The van der Waals surface area contributed by atoms with Crippen molar-refractivity contribution in [2.75, 3.05) is 13.2 Å². The maximum Gasteiger partial charge on any atom is 0.333 e. The summed E-state index contributed by atoms with van der Waals surface area (Å²) in [6.45, 7) is 21.1. The molecular formula is C18H34O4Si2. The van der Waals surface area contributed by atoms with Crippen molar-refractivity contribution in [1.29, 1.82) is 0 Å². The molecule has 0 fully saturated rings. The van der Waals surface area contributed by atoms with Crippen LogP contribution in [0.4, 0.5) is 0 Å². The number of esters is 2. The van der Waals surface area contributed by atoms with E-state index in [1.807, 2.05) is 0 Å². The summed E-state index contributed by atoms with van der Waals surface area (Å²) in [4.78, 5) is 22.9. The van der Waals surface area contributed by atoms with Crippen LogP contribution in [0.3, 0.4) is 0 Å². The lowest BCUT2D eigenvalue weighted by Gasteiger charge is -2.39. The second kappa shape index (κ2) is 9.98. The first-order valence-electron chi connectivity index (χ1n) is 8.56. The van der Waals surface area contributed by atoms with E-state index in [1.165, 1.54) is 0 Å². The molecule has 0 aromatic rings. The minimum atomic E-state index is -1.44. The van der Waals surface area contributed by atoms with Gasteiger partial charge in [-0.15, -0.1) is 0 Å². The van der Waals surface area contributed by atoms with E-state index in [0.29, 0.717) is 24.4 Å². The lowest BCUT2D eigenvalue weighted by atomic mass is 10.4. The zero-order valence-corrected chi connectivity index (χ0v) is 18.3. The summed E-state index contributed by atoms with van der Waals surface area (Å²) in [5.41, 5.74) is 0.888. The smallest absolute Gasteiger partial charge is 0.333 e. The lowest BCUT2D eigenvalue weighted by Crippen LogP contribution is -2.54. The van der Waals surface area contributed by atoms with Crippen molar-refractivity contribution in [2.24, 2.45) is 0 Å². The predicted molar refractivity (Wildman–Crippen MR) is 105 cm³/mol. The van der Waals surface area contributed by atoms with Crippen LogP contribution in [-0.4, -0.2) is 40.3 Å². The molecule has 6 heteroatoms. The number of carbonyl (C=O) groups is 2. The maximum absolute atomic E-state index is 11.4. The summed E-state index contributed by atoms with van der Waals surface area (Å²) in [6.07, 6.45) is 1.80. The third kappa shape index (κ3) is 8.10. The Morgan fingerprint density at radius 2 is 1.12 bits per heavy atom. The van der Waals surface area contributed by atoms with Crippen molar-refractivity contribution in [3.63, 3.8) is 0 Å². The van der Waals surface area contributed by atoms with Gasteiger partial charge in [0.25, 0.3) is 0 Å². The molecule has 0 radical (unpaired) electrons. The van der Waals surface area contributed by atoms with E-state index >= 15 is 0 Å². The van der Waals surface area contributed by atoms with Crippen molar-refractivity contribution in [1.82, 2.24) is 0 Å². The van der Waals surface area contributed by atoms with Gasteiger partial charge in [0, 0.05) is 26.3 Å². The Morgan fingerprint density at radius 3 is 1.38 bits per heavy atom. The van der Waals surface area contributed by atoms with Crippen molar-refractivity contribution in [3.8, 4) is 0 Å². The summed E-state index contributed by atoms with van der Waals surface area (Å²) in [5, 5.41) is 0. The summed E-state index contributed by atoms with van der Waals surface area (Å²) in [5.74, 6) is -0.615. The summed E-state index contributed by atoms with van der Waals surface area (Å²) in [6, 6.07) is 2.28. The summed E-state index contributed by atoms with van der Waals surface area (Å²) in [7, 11) is -2.72. The normalized spacial score (nSPS) is 11.8. The Bertz CT molecular complexity index is 444. The summed E-state index contributed by atoms with van der Waals surface area (Å²) >= 11 is 0. The Balaban J connectivity index is 4.42. The second-order valence-corrected chi connectivity index (χ2v) is 24.6. The average Bonchev–Trinajstić information content (AvgIpc) is 2.46. The second-order valence-electron chi connectivity index (χ2n) is 7.85. The Kier molecular flexibility index (Phi) is 9.51. The molecule has 0 amide bonds. The van der Waals surface area contributed by atoms with Gasteiger partial charge in [-0.25, -0.2) is 9.59 Å². The highest BCUT2D eigenvalue weighted by Gasteiger charge is 2.39. The molecule has 0 heterocycles. The van der Waals surface area contributed by atoms with Crippen molar-refractivity contribution >= 4 is 27.1 Å². The fourth-order valence-electron chi connectivity index (χ4n) is 2.38. The molecular weight excluding hydrogens is 336 g/mol. The number of hydrogen-bond donors (Lipinski definition) is 0. The minimum absolute atomic E-state index is 0.307. The third-order valence-corrected chi connectivity index (χ3v) is 23.6. The zero-order chi connectivity index (χ0) is 19.0. The van der Waals surface area contributed by atoms with Crippen LogP contribution in [0.5, 0.6) is 0 Å². The van der Waals surface area contributed by atoms with Gasteiger partial charge in [0.05, 0.1) is 13.2 Å². The molecule has 0 aliphatic carbocycles. The van der Waals surface area contributed by atoms with Crippen molar-refractivity contribution < 1.29 is 19.1 Å². The number of hydrogen-bond acceptors (Lipinski definition) is 4. The van der Waals surface area contributed by atoms with E-state index in [1.54, 1.807) is 13.8 Å². The van der Waals surface area contributed by atoms with Crippen molar-refractivity contribution in [2.45, 2.75) is 65.0 Å². The molecule has 138 valence electrons. The van der Waals surface area contributed by atoms with E-state index < -0.39 is 15.2 Å². The largest absolute Gasteiger partial charge is 0.462 e. The molecule has 4 nitrogen and oxygen atoms in total. The van der Waals surface area contributed by atoms with Crippen molar-refractivity contribution in [3.05, 3.63) is 24.3 Å². The van der Waals surface area contributed by atoms with Gasteiger partial charge < -0.3 is 9.47 Å². The van der Waals surface area contributed by atoms with E-state index in [9.17, 15) is 9.59 Å². The fourth-order valence-corrected chi connectivity index (χ4v) is 11.5. The highest BCUT2D eigenvalue weighted by molar-refractivity contribution is 7.40. The molecule has 0 N–H and O–H groups in total. The Hall–Kier alpha value is -1.15. The summed E-state index contributed by atoms with van der Waals surface area (Å²) < 4.78 is 10.4. The molecule has 0 aromatic carbocycles. The first kappa shape index (κ1) is 22.9. The van der Waals surface area contributed by atoms with Crippen LogP contribution in [0, 0.1) is 0 Å². The van der Waals surface area contributed by atoms with Crippen LogP contribution in [0.1, 0.15) is 26.7 Å². The van der Waals surface area contributed by atoms with Gasteiger partial charge >= 0.3 is 11.9 Å². The highest BCUT2D eigenvalue weighted by Crippen LogP contribution is 2.30. The predicted octanol–water partition coefficient (Wildman–Crippen LogP) is 4.50. The topological polar surface area (TPSA) is 52.6 Å². The van der Waals surface area contributed by atoms with Gasteiger partial charge in [0.2, 0.25) is 0 Å². The van der Waals surface area contributed by atoms with Crippen LogP contribution < -0.4 is 0 Å². The molecule has 0 saturated heterocycles. The van der Waals surface area contributed by atoms with E-state index in [0.717, 1.165) is 24.9 Å². The first-order valence-corrected chi connectivity index (χ1v) is 16.0. The first-order chi connectivity index (χ1) is 10.9. The van der Waals surface area contributed by atoms with E-state index in [-0.39, 0.29) is 11.9 Å². The SMILES string of the molecule is C=C(C)C(=O)OCCC[Si](C)(CCCOC(=O)C(=C)C)[Si](C)(C)C. The molecule has 0 saturated carbocycles. The highest BCUT2D eigenvalue weighted by atomic mass is 29.3. The maximum atomic E-state index is 11.4. The number of ether oxygens (including phenoxy) is 2. The van der Waals surface area contributed by atoms with Crippen LogP contribution in [0.2, 0.25) is 38.3 Å². The number of carbonyl (C=O) groups excluding carboxylic acids is 2. The molecule has 0 atom stereocenters. The van der Waals surface area contributed by atoms with Crippen LogP contribution in [-0.2, 0) is 19.1 Å². The third-order valence-electron chi connectivity index (χ3n) is 4.72. The van der Waals surface area contributed by atoms with Gasteiger partial charge in [-0.05, 0) is 26.7 Å².